The summed E-state index contributed by atoms with van der Waals surface area (Å²) in [6.07, 6.45) is 3.62. The van der Waals surface area contributed by atoms with Gasteiger partial charge in [-0.05, 0) is 37.3 Å². The predicted octanol–water partition coefficient (Wildman–Crippen LogP) is 3.26. The number of nitrogens with zero attached hydrogens (tertiary/aromatic N) is 1. The number of nitrogens with two attached hydrogens (primary N) is 1. The highest BCUT2D eigenvalue weighted by Gasteiger charge is 2.30. The zero-order valence-corrected chi connectivity index (χ0v) is 13.6. The van der Waals surface area contributed by atoms with E-state index in [0.29, 0.717) is 19.0 Å². The molecule has 0 radical (unpaired) electrons. The first-order chi connectivity index (χ1) is 9.86. The third kappa shape index (κ3) is 3.49. The van der Waals surface area contributed by atoms with E-state index in [1.54, 1.807) is 0 Å². The molecule has 0 saturated carbocycles. The maximum absolute atomic E-state index is 14.1. The summed E-state index contributed by atoms with van der Waals surface area (Å²) in [6.45, 7) is 2.92. The number of hydrogen-bond donors (Lipinski definition) is 1. The molecule has 0 spiro atoms. The molecular weight excluding hydrogens is 315 g/mol. The van der Waals surface area contributed by atoms with Crippen molar-refractivity contribution in [2.75, 3.05) is 18.8 Å². The fraction of sp³-hybridized carbons (Fsp3) is 0.571. The maximum Gasteiger partial charge on any atom is 0.246 e. The molecule has 1 atom stereocenters. The van der Waals surface area contributed by atoms with E-state index in [1.165, 1.54) is 10.4 Å². The van der Waals surface area contributed by atoms with Gasteiger partial charge in [-0.25, -0.2) is 12.8 Å². The fourth-order valence-corrected chi connectivity index (χ4v) is 4.60. The van der Waals surface area contributed by atoms with Crippen molar-refractivity contribution in [3.05, 3.63) is 23.0 Å². The molecule has 1 saturated heterocycles. The Morgan fingerprint density at radius 3 is 2.76 bits per heavy atom. The highest BCUT2D eigenvalue weighted by atomic mass is 35.5. The number of nitrogen functional groups attached to an aromatic ring is 1. The topological polar surface area (TPSA) is 63.4 Å². The summed E-state index contributed by atoms with van der Waals surface area (Å²) >= 11 is 5.82. The van der Waals surface area contributed by atoms with E-state index in [0.717, 1.165) is 31.7 Å². The lowest BCUT2D eigenvalue weighted by Gasteiger charge is -2.21. The molecular formula is C14H20ClFN2O2S. The second kappa shape index (κ2) is 6.50. The standard InChI is InChI=1S/C14H20ClFN2O2S/c1-2-10-4-3-6-18(7-5-10)21(19,20)13-9-11(15)8-12(17)14(13)16/h8-10H,2-7,17H2,1H3. The Balaban J connectivity index is 2.34. The van der Waals surface area contributed by atoms with Crippen LogP contribution in [-0.2, 0) is 10.0 Å². The summed E-state index contributed by atoms with van der Waals surface area (Å²) in [6, 6.07) is 2.34. The van der Waals surface area contributed by atoms with Crippen LogP contribution < -0.4 is 5.73 Å². The van der Waals surface area contributed by atoms with Crippen LogP contribution in [0, 0.1) is 11.7 Å². The number of hydrogen-bond acceptors (Lipinski definition) is 3. The molecule has 21 heavy (non-hydrogen) atoms. The normalized spacial score (nSPS) is 21.2. The molecule has 0 bridgehead atoms. The van der Waals surface area contributed by atoms with Crippen molar-refractivity contribution in [2.24, 2.45) is 5.92 Å². The van der Waals surface area contributed by atoms with Crippen molar-refractivity contribution < 1.29 is 12.8 Å². The molecule has 1 aliphatic heterocycles. The van der Waals surface area contributed by atoms with Gasteiger partial charge in [0.05, 0.1) is 5.69 Å². The van der Waals surface area contributed by atoms with Crippen LogP contribution in [0.2, 0.25) is 5.02 Å². The Kier molecular flexibility index (Phi) is 5.11. The quantitative estimate of drug-likeness (QED) is 0.863. The third-order valence-electron chi connectivity index (χ3n) is 4.03. The third-order valence-corrected chi connectivity index (χ3v) is 6.15. The van der Waals surface area contributed by atoms with Gasteiger partial charge in [0.25, 0.3) is 0 Å². The Hall–Kier alpha value is -0.850. The van der Waals surface area contributed by atoms with Gasteiger partial charge in [-0.15, -0.1) is 0 Å². The molecule has 0 aliphatic carbocycles. The van der Waals surface area contributed by atoms with Gasteiger partial charge in [0.15, 0.2) is 5.82 Å². The summed E-state index contributed by atoms with van der Waals surface area (Å²) in [5.41, 5.74) is 5.23. The molecule has 2 N–H and O–H groups in total. The molecule has 1 aromatic carbocycles. The highest BCUT2D eigenvalue weighted by molar-refractivity contribution is 7.89. The summed E-state index contributed by atoms with van der Waals surface area (Å²) in [5, 5.41) is 0.119. The molecule has 0 aromatic heterocycles. The van der Waals surface area contributed by atoms with E-state index >= 15 is 0 Å². The molecule has 7 heteroatoms. The van der Waals surface area contributed by atoms with E-state index < -0.39 is 20.7 Å². The van der Waals surface area contributed by atoms with Crippen molar-refractivity contribution in [2.45, 2.75) is 37.5 Å². The van der Waals surface area contributed by atoms with E-state index in [4.69, 9.17) is 17.3 Å². The SMILES string of the molecule is CCC1CCCN(S(=O)(=O)c2cc(Cl)cc(N)c2F)CC1. The fourth-order valence-electron chi connectivity index (χ4n) is 2.70. The van der Waals surface area contributed by atoms with Gasteiger partial charge in [-0.3, -0.25) is 0 Å². The predicted molar refractivity (Wildman–Crippen MR) is 82.2 cm³/mol. The number of anilines is 1. The molecule has 1 aromatic rings. The first-order valence-electron chi connectivity index (χ1n) is 7.11. The number of rotatable bonds is 3. The summed E-state index contributed by atoms with van der Waals surface area (Å²) in [7, 11) is -3.90. The Morgan fingerprint density at radius 2 is 2.10 bits per heavy atom. The van der Waals surface area contributed by atoms with Gasteiger partial charge in [0, 0.05) is 18.1 Å². The molecule has 4 nitrogen and oxygen atoms in total. The summed E-state index contributed by atoms with van der Waals surface area (Å²) in [5.74, 6) is -0.393. The van der Waals surface area contributed by atoms with E-state index in [9.17, 15) is 12.8 Å². The Bertz CT molecular complexity index is 622. The molecule has 1 heterocycles. The lowest BCUT2D eigenvalue weighted by molar-refractivity contribution is 0.405. The van der Waals surface area contributed by atoms with Crippen LogP contribution >= 0.6 is 11.6 Å². The van der Waals surface area contributed by atoms with E-state index in [-0.39, 0.29) is 10.7 Å². The smallest absolute Gasteiger partial charge is 0.246 e. The molecule has 118 valence electrons. The minimum atomic E-state index is -3.90. The minimum absolute atomic E-state index is 0.119. The van der Waals surface area contributed by atoms with Crippen LogP contribution in [0.15, 0.2) is 17.0 Å². The lowest BCUT2D eigenvalue weighted by atomic mass is 9.98. The largest absolute Gasteiger partial charge is 0.396 e. The number of benzene rings is 1. The van der Waals surface area contributed by atoms with Crippen LogP contribution in [0.3, 0.4) is 0 Å². The van der Waals surface area contributed by atoms with Gasteiger partial charge in [-0.2, -0.15) is 4.31 Å². The van der Waals surface area contributed by atoms with Gasteiger partial charge < -0.3 is 5.73 Å². The second-order valence-corrected chi connectivity index (χ2v) is 7.76. The first-order valence-corrected chi connectivity index (χ1v) is 8.92. The average Bonchev–Trinajstić information content (AvgIpc) is 2.68. The zero-order valence-electron chi connectivity index (χ0n) is 12.0. The maximum atomic E-state index is 14.1. The van der Waals surface area contributed by atoms with Crippen LogP contribution in [0.1, 0.15) is 32.6 Å². The van der Waals surface area contributed by atoms with Crippen LogP contribution in [0.25, 0.3) is 0 Å². The van der Waals surface area contributed by atoms with Crippen LogP contribution in [0.4, 0.5) is 10.1 Å². The zero-order chi connectivity index (χ0) is 15.6. The minimum Gasteiger partial charge on any atom is -0.396 e. The average molecular weight is 335 g/mol. The first kappa shape index (κ1) is 16.5. The van der Waals surface area contributed by atoms with Crippen LogP contribution in [0.5, 0.6) is 0 Å². The van der Waals surface area contributed by atoms with Crippen molar-refractivity contribution >= 4 is 27.3 Å². The van der Waals surface area contributed by atoms with E-state index in [2.05, 4.69) is 6.92 Å². The van der Waals surface area contributed by atoms with Crippen molar-refractivity contribution in [1.82, 2.24) is 4.31 Å². The Labute approximate surface area is 130 Å². The Morgan fingerprint density at radius 1 is 1.38 bits per heavy atom. The second-order valence-electron chi connectivity index (χ2n) is 5.42. The number of halogens is 2. The molecule has 0 amide bonds. The van der Waals surface area contributed by atoms with Crippen molar-refractivity contribution in [1.29, 1.82) is 0 Å². The van der Waals surface area contributed by atoms with Crippen molar-refractivity contribution in [3.8, 4) is 0 Å². The monoisotopic (exact) mass is 334 g/mol. The van der Waals surface area contributed by atoms with Crippen molar-refractivity contribution in [3.63, 3.8) is 0 Å². The summed E-state index contributed by atoms with van der Waals surface area (Å²) < 4.78 is 40.7. The number of sulfonamides is 1. The van der Waals surface area contributed by atoms with E-state index in [1.807, 2.05) is 0 Å². The molecule has 1 unspecified atom stereocenters. The van der Waals surface area contributed by atoms with Gasteiger partial charge in [0.1, 0.15) is 4.90 Å². The van der Waals surface area contributed by atoms with Gasteiger partial charge in [-0.1, -0.05) is 24.9 Å². The van der Waals surface area contributed by atoms with Gasteiger partial charge in [0.2, 0.25) is 10.0 Å². The highest BCUT2D eigenvalue weighted by Crippen LogP contribution is 2.30. The summed E-state index contributed by atoms with van der Waals surface area (Å²) in [4.78, 5) is -0.428. The molecule has 1 aliphatic rings. The lowest BCUT2D eigenvalue weighted by Crippen LogP contribution is -2.32. The van der Waals surface area contributed by atoms with Crippen LogP contribution in [-0.4, -0.2) is 25.8 Å². The molecule has 1 fully saturated rings. The molecule has 2 rings (SSSR count). The van der Waals surface area contributed by atoms with Gasteiger partial charge >= 0.3 is 0 Å².